The number of nitrogens with one attached hydrogen (secondary N) is 1. The fourth-order valence-corrected chi connectivity index (χ4v) is 1.85. The van der Waals surface area contributed by atoms with Crippen molar-refractivity contribution in [3.05, 3.63) is 42.0 Å². The summed E-state index contributed by atoms with van der Waals surface area (Å²) in [5.74, 6) is -1.33. The van der Waals surface area contributed by atoms with E-state index in [1.165, 1.54) is 0 Å². The van der Waals surface area contributed by atoms with Crippen LogP contribution in [0.5, 0.6) is 0 Å². The zero-order valence-electron chi connectivity index (χ0n) is 9.71. The second-order valence-corrected chi connectivity index (χ2v) is 4.59. The van der Waals surface area contributed by atoms with Crippen LogP contribution in [0.3, 0.4) is 0 Å². The summed E-state index contributed by atoms with van der Waals surface area (Å²) in [6.07, 6.45) is 1.74. The number of anilines is 1. The summed E-state index contributed by atoms with van der Waals surface area (Å²) in [7, 11) is 0. The van der Waals surface area contributed by atoms with Crippen molar-refractivity contribution in [2.75, 3.05) is 23.8 Å². The summed E-state index contributed by atoms with van der Waals surface area (Å²) in [4.78, 5) is 11.6. The molecule has 0 aliphatic rings. The molecule has 98 valence electrons. The van der Waals surface area contributed by atoms with Gasteiger partial charge < -0.3 is 11.1 Å². The monoisotopic (exact) mass is 272 g/mol. The number of nitrogen functional groups attached to an aromatic ring is 1. The summed E-state index contributed by atoms with van der Waals surface area (Å²) >= 11 is 1.56. The van der Waals surface area contributed by atoms with E-state index in [1.807, 2.05) is 0 Å². The predicted octanol–water partition coefficient (Wildman–Crippen LogP) is 2.20. The molecule has 3 nitrogen and oxygen atoms in total. The number of benzene rings is 1. The van der Waals surface area contributed by atoms with E-state index < -0.39 is 23.1 Å². The molecule has 0 atom stereocenters. The van der Waals surface area contributed by atoms with Gasteiger partial charge in [0.15, 0.2) is 5.82 Å². The summed E-state index contributed by atoms with van der Waals surface area (Å²) < 4.78 is 26.8. The number of thioether (sulfide) groups is 1. The molecular weight excluding hydrogens is 258 g/mol. The van der Waals surface area contributed by atoms with E-state index in [1.54, 1.807) is 17.8 Å². The fraction of sp³-hybridized carbons (Fsp3) is 0.250. The normalized spacial score (nSPS) is 10.1. The molecule has 0 unspecified atom stereocenters. The van der Waals surface area contributed by atoms with Gasteiger partial charge in [-0.15, -0.1) is 6.58 Å². The number of nitrogens with two attached hydrogens (primary N) is 1. The Morgan fingerprint density at radius 3 is 2.89 bits per heavy atom. The summed E-state index contributed by atoms with van der Waals surface area (Å²) in [6.45, 7) is 3.88. The van der Waals surface area contributed by atoms with E-state index in [4.69, 9.17) is 5.73 Å². The van der Waals surface area contributed by atoms with Crippen molar-refractivity contribution in [1.29, 1.82) is 0 Å². The minimum atomic E-state index is -1.02. The smallest absolute Gasteiger partial charge is 0.257 e. The van der Waals surface area contributed by atoms with Crippen LogP contribution in [-0.4, -0.2) is 24.0 Å². The van der Waals surface area contributed by atoms with E-state index in [2.05, 4.69) is 11.9 Å². The Balaban J connectivity index is 2.62. The SMILES string of the molecule is C=CCSCCNC(=O)c1c(F)ccc(N)c1F. The second-order valence-electron chi connectivity index (χ2n) is 3.45. The highest BCUT2D eigenvalue weighted by molar-refractivity contribution is 7.99. The molecule has 6 heteroatoms. The molecule has 0 fully saturated rings. The van der Waals surface area contributed by atoms with E-state index in [0.29, 0.717) is 12.3 Å². The Morgan fingerprint density at radius 2 is 2.22 bits per heavy atom. The Morgan fingerprint density at radius 1 is 1.50 bits per heavy atom. The molecule has 1 aromatic carbocycles. The molecule has 0 saturated carbocycles. The molecule has 0 saturated heterocycles. The standard InChI is InChI=1S/C12H14F2N2OS/c1-2-6-18-7-5-16-12(17)10-8(13)3-4-9(15)11(10)14/h2-4H,1,5-7,15H2,(H,16,17). The van der Waals surface area contributed by atoms with Gasteiger partial charge in [-0.1, -0.05) is 6.08 Å². The van der Waals surface area contributed by atoms with Crippen molar-refractivity contribution in [2.24, 2.45) is 0 Å². The van der Waals surface area contributed by atoms with Crippen molar-refractivity contribution in [1.82, 2.24) is 5.32 Å². The Bertz CT molecular complexity index is 452. The van der Waals surface area contributed by atoms with Crippen LogP contribution in [0.25, 0.3) is 0 Å². The molecule has 0 spiro atoms. The molecule has 0 aliphatic carbocycles. The maximum absolute atomic E-state index is 13.5. The lowest BCUT2D eigenvalue weighted by Crippen LogP contribution is -2.28. The number of halogens is 2. The number of hydrogen-bond donors (Lipinski definition) is 2. The Kier molecular flexibility index (Phi) is 5.64. The average molecular weight is 272 g/mol. The lowest BCUT2D eigenvalue weighted by Gasteiger charge is -2.08. The third kappa shape index (κ3) is 3.73. The summed E-state index contributed by atoms with van der Waals surface area (Å²) in [6, 6.07) is 2.06. The maximum Gasteiger partial charge on any atom is 0.257 e. The lowest BCUT2D eigenvalue weighted by molar-refractivity contribution is 0.0948. The predicted molar refractivity (Wildman–Crippen MR) is 70.6 cm³/mol. The van der Waals surface area contributed by atoms with Gasteiger partial charge in [0.2, 0.25) is 0 Å². The highest BCUT2D eigenvalue weighted by Crippen LogP contribution is 2.18. The number of amides is 1. The van der Waals surface area contributed by atoms with Crippen LogP contribution in [0.4, 0.5) is 14.5 Å². The summed E-state index contributed by atoms with van der Waals surface area (Å²) in [5.41, 5.74) is 4.40. The van der Waals surface area contributed by atoms with Crippen LogP contribution in [0.2, 0.25) is 0 Å². The Labute approximate surface area is 108 Å². The molecule has 0 aliphatic heterocycles. The molecule has 0 bridgehead atoms. The molecule has 3 N–H and O–H groups in total. The first kappa shape index (κ1) is 14.5. The largest absolute Gasteiger partial charge is 0.396 e. The van der Waals surface area contributed by atoms with E-state index >= 15 is 0 Å². The van der Waals surface area contributed by atoms with Crippen LogP contribution in [0.1, 0.15) is 10.4 Å². The highest BCUT2D eigenvalue weighted by Gasteiger charge is 2.18. The van der Waals surface area contributed by atoms with Gasteiger partial charge in [-0.3, -0.25) is 4.79 Å². The third-order valence-electron chi connectivity index (χ3n) is 2.12. The number of carbonyl (C=O) groups is 1. The summed E-state index contributed by atoms with van der Waals surface area (Å²) in [5, 5.41) is 2.44. The van der Waals surface area contributed by atoms with Gasteiger partial charge in [-0.05, 0) is 12.1 Å². The van der Waals surface area contributed by atoms with Gasteiger partial charge in [-0.25, -0.2) is 8.78 Å². The van der Waals surface area contributed by atoms with Crippen molar-refractivity contribution < 1.29 is 13.6 Å². The van der Waals surface area contributed by atoms with Crippen LogP contribution in [0, 0.1) is 11.6 Å². The minimum Gasteiger partial charge on any atom is -0.396 e. The second kappa shape index (κ2) is 7.00. The van der Waals surface area contributed by atoms with Gasteiger partial charge in [-0.2, -0.15) is 11.8 Å². The van der Waals surface area contributed by atoms with Crippen LogP contribution >= 0.6 is 11.8 Å². The van der Waals surface area contributed by atoms with Crippen LogP contribution in [0.15, 0.2) is 24.8 Å². The zero-order chi connectivity index (χ0) is 13.5. The molecule has 0 heterocycles. The molecule has 1 rings (SSSR count). The lowest BCUT2D eigenvalue weighted by atomic mass is 10.1. The van der Waals surface area contributed by atoms with Gasteiger partial charge in [0.1, 0.15) is 11.4 Å². The van der Waals surface area contributed by atoms with Crippen molar-refractivity contribution >= 4 is 23.4 Å². The first-order valence-corrected chi connectivity index (χ1v) is 6.43. The first-order valence-electron chi connectivity index (χ1n) is 5.28. The number of rotatable bonds is 6. The van der Waals surface area contributed by atoms with E-state index in [9.17, 15) is 13.6 Å². The van der Waals surface area contributed by atoms with Crippen LogP contribution in [-0.2, 0) is 0 Å². The third-order valence-corrected chi connectivity index (χ3v) is 3.08. The van der Waals surface area contributed by atoms with Gasteiger partial charge >= 0.3 is 0 Å². The molecule has 18 heavy (non-hydrogen) atoms. The zero-order valence-corrected chi connectivity index (χ0v) is 10.5. The first-order chi connectivity index (χ1) is 8.57. The van der Waals surface area contributed by atoms with Gasteiger partial charge in [0, 0.05) is 18.1 Å². The minimum absolute atomic E-state index is 0.248. The molecule has 1 amide bonds. The molecule has 0 radical (unpaired) electrons. The highest BCUT2D eigenvalue weighted by atomic mass is 32.2. The fourth-order valence-electron chi connectivity index (χ4n) is 1.27. The number of hydrogen-bond acceptors (Lipinski definition) is 3. The Hall–Kier alpha value is -1.56. The van der Waals surface area contributed by atoms with Gasteiger partial charge in [0.05, 0.1) is 5.69 Å². The van der Waals surface area contributed by atoms with Crippen LogP contribution < -0.4 is 11.1 Å². The topological polar surface area (TPSA) is 55.1 Å². The van der Waals surface area contributed by atoms with Gasteiger partial charge in [0.25, 0.3) is 5.91 Å². The maximum atomic E-state index is 13.5. The molecular formula is C12H14F2N2OS. The van der Waals surface area contributed by atoms with E-state index in [0.717, 1.165) is 17.9 Å². The quantitative estimate of drug-likeness (QED) is 0.474. The van der Waals surface area contributed by atoms with E-state index in [-0.39, 0.29) is 5.69 Å². The van der Waals surface area contributed by atoms with Crippen molar-refractivity contribution in [3.63, 3.8) is 0 Å². The average Bonchev–Trinajstić information content (AvgIpc) is 2.34. The van der Waals surface area contributed by atoms with Crippen molar-refractivity contribution in [3.8, 4) is 0 Å². The number of carbonyl (C=O) groups excluding carboxylic acids is 1. The molecule has 1 aromatic rings. The molecule has 0 aromatic heterocycles. The van der Waals surface area contributed by atoms with Crippen molar-refractivity contribution in [2.45, 2.75) is 0 Å².